The molecule has 0 amide bonds. The standard InChI is InChI=1S/C15H24BrN3/c1-12-4-5-15(14(16)10-12)19-8-6-18(7-9-19)13(2)11-17-3/h4-5,10,13,17H,6-9,11H2,1-3H3. The number of benzene rings is 1. The topological polar surface area (TPSA) is 18.5 Å². The van der Waals surface area contributed by atoms with E-state index in [0.717, 1.165) is 32.7 Å². The summed E-state index contributed by atoms with van der Waals surface area (Å²) in [6.07, 6.45) is 0. The fraction of sp³-hybridized carbons (Fsp3) is 0.600. The van der Waals surface area contributed by atoms with Gasteiger partial charge in [-0.15, -0.1) is 0 Å². The molecule has 0 aliphatic carbocycles. The van der Waals surface area contributed by atoms with Crippen LogP contribution < -0.4 is 10.2 Å². The third kappa shape index (κ3) is 3.71. The zero-order valence-electron chi connectivity index (χ0n) is 12.1. The summed E-state index contributed by atoms with van der Waals surface area (Å²) in [4.78, 5) is 5.04. The number of hydrogen-bond donors (Lipinski definition) is 1. The van der Waals surface area contributed by atoms with Gasteiger partial charge in [0.25, 0.3) is 0 Å². The van der Waals surface area contributed by atoms with Crippen molar-refractivity contribution in [3.05, 3.63) is 28.2 Å². The molecule has 1 heterocycles. The maximum Gasteiger partial charge on any atom is 0.0511 e. The van der Waals surface area contributed by atoms with Crippen LogP contribution >= 0.6 is 15.9 Å². The molecular weight excluding hydrogens is 302 g/mol. The number of piperazine rings is 1. The molecule has 1 N–H and O–H groups in total. The van der Waals surface area contributed by atoms with Crippen molar-refractivity contribution in [1.29, 1.82) is 0 Å². The van der Waals surface area contributed by atoms with Gasteiger partial charge in [-0.1, -0.05) is 6.07 Å². The highest BCUT2D eigenvalue weighted by molar-refractivity contribution is 9.10. The number of likely N-dealkylation sites (N-methyl/N-ethyl adjacent to an activating group) is 1. The van der Waals surface area contributed by atoms with Crippen LogP contribution in [0.15, 0.2) is 22.7 Å². The van der Waals surface area contributed by atoms with Crippen molar-refractivity contribution in [3.63, 3.8) is 0 Å². The van der Waals surface area contributed by atoms with Gasteiger partial charge in [0.2, 0.25) is 0 Å². The second-order valence-electron chi connectivity index (χ2n) is 5.38. The minimum absolute atomic E-state index is 0.619. The quantitative estimate of drug-likeness (QED) is 0.917. The second kappa shape index (κ2) is 6.73. The van der Waals surface area contributed by atoms with Gasteiger partial charge >= 0.3 is 0 Å². The zero-order chi connectivity index (χ0) is 13.8. The maximum absolute atomic E-state index is 3.69. The van der Waals surface area contributed by atoms with Crippen LogP contribution in [0, 0.1) is 6.92 Å². The molecule has 19 heavy (non-hydrogen) atoms. The van der Waals surface area contributed by atoms with E-state index in [1.165, 1.54) is 15.7 Å². The van der Waals surface area contributed by atoms with Gasteiger partial charge in [-0.2, -0.15) is 0 Å². The molecule has 2 rings (SSSR count). The summed E-state index contributed by atoms with van der Waals surface area (Å²) in [5.74, 6) is 0. The van der Waals surface area contributed by atoms with Crippen LogP contribution in [0.25, 0.3) is 0 Å². The molecule has 1 saturated heterocycles. The summed E-state index contributed by atoms with van der Waals surface area (Å²) in [6.45, 7) is 9.99. The molecule has 106 valence electrons. The monoisotopic (exact) mass is 325 g/mol. The summed E-state index contributed by atoms with van der Waals surface area (Å²) in [6, 6.07) is 7.24. The lowest BCUT2D eigenvalue weighted by Crippen LogP contribution is -2.51. The fourth-order valence-corrected chi connectivity index (χ4v) is 3.44. The second-order valence-corrected chi connectivity index (χ2v) is 6.24. The van der Waals surface area contributed by atoms with Crippen molar-refractivity contribution in [2.24, 2.45) is 0 Å². The van der Waals surface area contributed by atoms with E-state index >= 15 is 0 Å². The van der Waals surface area contributed by atoms with Crippen molar-refractivity contribution >= 4 is 21.6 Å². The first-order valence-electron chi connectivity index (χ1n) is 7.01. The first kappa shape index (κ1) is 14.8. The lowest BCUT2D eigenvalue weighted by Gasteiger charge is -2.39. The SMILES string of the molecule is CNCC(C)N1CCN(c2ccc(C)cc2Br)CC1. The van der Waals surface area contributed by atoms with Crippen molar-refractivity contribution < 1.29 is 0 Å². The molecule has 1 fully saturated rings. The zero-order valence-corrected chi connectivity index (χ0v) is 13.7. The lowest BCUT2D eigenvalue weighted by molar-refractivity contribution is 0.195. The molecule has 4 heteroatoms. The fourth-order valence-electron chi connectivity index (χ4n) is 2.70. The number of hydrogen-bond acceptors (Lipinski definition) is 3. The molecular formula is C15H24BrN3. The van der Waals surface area contributed by atoms with E-state index in [9.17, 15) is 0 Å². The van der Waals surface area contributed by atoms with Gasteiger partial charge in [-0.25, -0.2) is 0 Å². The van der Waals surface area contributed by atoms with Crippen molar-refractivity contribution in [2.45, 2.75) is 19.9 Å². The van der Waals surface area contributed by atoms with Gasteiger partial charge in [0.1, 0.15) is 0 Å². The van der Waals surface area contributed by atoms with Crippen LogP contribution in [0.2, 0.25) is 0 Å². The van der Waals surface area contributed by atoms with E-state index in [4.69, 9.17) is 0 Å². The Balaban J connectivity index is 1.96. The molecule has 1 unspecified atom stereocenters. The molecule has 3 nitrogen and oxygen atoms in total. The number of nitrogens with zero attached hydrogens (tertiary/aromatic N) is 2. The van der Waals surface area contributed by atoms with E-state index < -0.39 is 0 Å². The smallest absolute Gasteiger partial charge is 0.0511 e. The highest BCUT2D eigenvalue weighted by atomic mass is 79.9. The van der Waals surface area contributed by atoms with E-state index in [-0.39, 0.29) is 0 Å². The van der Waals surface area contributed by atoms with Gasteiger partial charge in [-0.3, -0.25) is 4.90 Å². The molecule has 1 aromatic rings. The molecule has 0 saturated carbocycles. The summed E-state index contributed by atoms with van der Waals surface area (Å²) in [7, 11) is 2.02. The van der Waals surface area contributed by atoms with Gasteiger partial charge in [0.15, 0.2) is 0 Å². The van der Waals surface area contributed by atoms with Crippen LogP contribution in [-0.4, -0.2) is 50.7 Å². The minimum Gasteiger partial charge on any atom is -0.368 e. The molecule has 0 radical (unpaired) electrons. The molecule has 1 aliphatic rings. The Hall–Kier alpha value is -0.580. The Morgan fingerprint density at radius 2 is 1.95 bits per heavy atom. The summed E-state index contributed by atoms with van der Waals surface area (Å²) < 4.78 is 1.21. The summed E-state index contributed by atoms with van der Waals surface area (Å²) in [5, 5.41) is 3.26. The molecule has 0 aromatic heterocycles. The third-order valence-corrected chi connectivity index (χ3v) is 4.52. The van der Waals surface area contributed by atoms with Gasteiger partial charge in [0, 0.05) is 43.2 Å². The predicted octanol–water partition coefficient (Wildman–Crippen LogP) is 2.49. The van der Waals surface area contributed by atoms with Crippen molar-refractivity contribution in [1.82, 2.24) is 10.2 Å². The first-order chi connectivity index (χ1) is 9.11. The Bertz CT molecular complexity index is 414. The number of nitrogens with one attached hydrogen (secondary N) is 1. The lowest BCUT2D eigenvalue weighted by atomic mass is 10.2. The molecule has 1 aromatic carbocycles. The van der Waals surface area contributed by atoms with Crippen LogP contribution in [0.3, 0.4) is 0 Å². The van der Waals surface area contributed by atoms with E-state index in [2.05, 4.69) is 63.1 Å². The Morgan fingerprint density at radius 3 is 2.53 bits per heavy atom. The molecule has 1 aliphatic heterocycles. The predicted molar refractivity (Wildman–Crippen MR) is 86.1 cm³/mol. The Kier molecular flexibility index (Phi) is 5.25. The third-order valence-electron chi connectivity index (χ3n) is 3.88. The average Bonchev–Trinajstić information content (AvgIpc) is 2.39. The van der Waals surface area contributed by atoms with E-state index in [1.54, 1.807) is 0 Å². The number of anilines is 1. The van der Waals surface area contributed by atoms with Crippen LogP contribution in [0.5, 0.6) is 0 Å². The largest absolute Gasteiger partial charge is 0.368 e. The van der Waals surface area contributed by atoms with Gasteiger partial charge in [-0.05, 0) is 54.5 Å². The van der Waals surface area contributed by atoms with E-state index in [0.29, 0.717) is 6.04 Å². The van der Waals surface area contributed by atoms with Crippen LogP contribution in [0.4, 0.5) is 5.69 Å². The van der Waals surface area contributed by atoms with Crippen LogP contribution in [-0.2, 0) is 0 Å². The van der Waals surface area contributed by atoms with Crippen molar-refractivity contribution in [2.75, 3.05) is 44.7 Å². The normalized spacial score (nSPS) is 18.6. The molecule has 0 spiro atoms. The summed E-state index contributed by atoms with van der Waals surface area (Å²) in [5.41, 5.74) is 2.63. The van der Waals surface area contributed by atoms with Crippen molar-refractivity contribution in [3.8, 4) is 0 Å². The highest BCUT2D eigenvalue weighted by Crippen LogP contribution is 2.28. The average molecular weight is 326 g/mol. The van der Waals surface area contributed by atoms with E-state index in [1.807, 2.05) is 7.05 Å². The summed E-state index contributed by atoms with van der Waals surface area (Å²) >= 11 is 3.69. The maximum atomic E-state index is 3.69. The van der Waals surface area contributed by atoms with Crippen LogP contribution in [0.1, 0.15) is 12.5 Å². The number of rotatable bonds is 4. The number of aryl methyl sites for hydroxylation is 1. The Morgan fingerprint density at radius 1 is 1.26 bits per heavy atom. The first-order valence-corrected chi connectivity index (χ1v) is 7.81. The van der Waals surface area contributed by atoms with Gasteiger partial charge in [0.05, 0.1) is 5.69 Å². The molecule has 1 atom stereocenters. The highest BCUT2D eigenvalue weighted by Gasteiger charge is 2.21. The molecule has 0 bridgehead atoms. The van der Waals surface area contributed by atoms with Gasteiger partial charge < -0.3 is 10.2 Å². The minimum atomic E-state index is 0.619. The number of halogens is 1. The Labute approximate surface area is 125 Å².